The Morgan fingerprint density at radius 3 is 2.56 bits per heavy atom. The minimum atomic E-state index is -4.99. The van der Waals surface area contributed by atoms with Crippen LogP contribution in [0.2, 0.25) is 0 Å². The van der Waals surface area contributed by atoms with Gasteiger partial charge in [0, 0.05) is 0 Å². The summed E-state index contributed by atoms with van der Waals surface area (Å²) in [4.78, 5) is 27.3. The summed E-state index contributed by atoms with van der Waals surface area (Å²) in [5, 5.41) is 10.3. The Morgan fingerprint density at radius 2 is 2.17 bits per heavy atom. The maximum absolute atomic E-state index is 12.1. The first kappa shape index (κ1) is 14.0. The molecule has 1 aromatic heterocycles. The standard InChI is InChI=1S/C9H10F3N3O3/c1-2-4(15-8(18)9(10,11)12)6-13-3-5(14-6)7(16)17/h3-4H,2H2,1H3,(H,13,14)(H,15,18)(H,16,17). The Kier molecular flexibility index (Phi) is 3.94. The van der Waals surface area contributed by atoms with Crippen LogP contribution in [0.5, 0.6) is 0 Å². The fourth-order valence-electron chi connectivity index (χ4n) is 1.23. The molecule has 0 saturated carbocycles. The predicted octanol–water partition coefficient (Wildman–Crippen LogP) is 1.24. The number of carbonyl (C=O) groups is 2. The number of aromatic carboxylic acids is 1. The van der Waals surface area contributed by atoms with Crippen LogP contribution in [0.3, 0.4) is 0 Å². The minimum Gasteiger partial charge on any atom is -0.477 e. The topological polar surface area (TPSA) is 95.1 Å². The van der Waals surface area contributed by atoms with E-state index < -0.39 is 24.1 Å². The van der Waals surface area contributed by atoms with Crippen LogP contribution in [0.1, 0.15) is 35.7 Å². The first-order valence-corrected chi connectivity index (χ1v) is 4.91. The van der Waals surface area contributed by atoms with Crippen molar-refractivity contribution in [2.75, 3.05) is 0 Å². The van der Waals surface area contributed by atoms with Crippen molar-refractivity contribution in [2.24, 2.45) is 0 Å². The maximum atomic E-state index is 12.1. The van der Waals surface area contributed by atoms with Gasteiger partial charge in [0.1, 0.15) is 11.5 Å². The van der Waals surface area contributed by atoms with E-state index in [2.05, 4.69) is 9.97 Å². The van der Waals surface area contributed by atoms with E-state index in [0.717, 1.165) is 6.20 Å². The molecule has 0 aromatic carbocycles. The number of aromatic amines is 1. The van der Waals surface area contributed by atoms with E-state index >= 15 is 0 Å². The zero-order valence-electron chi connectivity index (χ0n) is 9.21. The van der Waals surface area contributed by atoms with Crippen LogP contribution in [0.4, 0.5) is 13.2 Å². The highest BCUT2D eigenvalue weighted by Gasteiger charge is 2.40. The number of hydrogen-bond donors (Lipinski definition) is 3. The summed E-state index contributed by atoms with van der Waals surface area (Å²) >= 11 is 0. The largest absolute Gasteiger partial charge is 0.477 e. The van der Waals surface area contributed by atoms with Crippen LogP contribution < -0.4 is 5.32 Å². The third-order valence-corrected chi connectivity index (χ3v) is 2.13. The van der Waals surface area contributed by atoms with E-state index in [1.165, 1.54) is 6.92 Å². The molecule has 3 N–H and O–H groups in total. The fourth-order valence-corrected chi connectivity index (χ4v) is 1.23. The van der Waals surface area contributed by atoms with Crippen molar-refractivity contribution >= 4 is 11.9 Å². The molecule has 0 saturated heterocycles. The highest BCUT2D eigenvalue weighted by molar-refractivity contribution is 5.85. The second-order valence-corrected chi connectivity index (χ2v) is 3.42. The SMILES string of the molecule is CCC(NC(=O)C(F)(F)F)c1ncc(C(=O)O)[nH]1. The lowest BCUT2D eigenvalue weighted by Crippen LogP contribution is -2.39. The van der Waals surface area contributed by atoms with E-state index in [-0.39, 0.29) is 17.9 Å². The van der Waals surface area contributed by atoms with Gasteiger partial charge < -0.3 is 15.4 Å². The third kappa shape index (κ3) is 3.22. The smallest absolute Gasteiger partial charge is 0.471 e. The number of carboxylic acid groups (broad SMARTS) is 1. The molecule has 1 aromatic rings. The van der Waals surface area contributed by atoms with Crippen LogP contribution in [0, 0.1) is 0 Å². The Labute approximate surface area is 99.2 Å². The molecule has 1 amide bonds. The van der Waals surface area contributed by atoms with E-state index in [1.807, 2.05) is 0 Å². The van der Waals surface area contributed by atoms with E-state index in [0.29, 0.717) is 0 Å². The second kappa shape index (κ2) is 5.07. The molecule has 0 spiro atoms. The fraction of sp³-hybridized carbons (Fsp3) is 0.444. The lowest BCUT2D eigenvalue weighted by Gasteiger charge is -2.15. The molecule has 1 heterocycles. The Hall–Kier alpha value is -2.06. The first-order valence-electron chi connectivity index (χ1n) is 4.91. The van der Waals surface area contributed by atoms with Gasteiger partial charge in [0.25, 0.3) is 0 Å². The van der Waals surface area contributed by atoms with Gasteiger partial charge in [-0.1, -0.05) is 6.92 Å². The van der Waals surface area contributed by atoms with Crippen molar-refractivity contribution in [3.05, 3.63) is 17.7 Å². The molecule has 0 radical (unpaired) electrons. The summed E-state index contributed by atoms with van der Waals surface area (Å²) in [6.45, 7) is 1.53. The zero-order valence-corrected chi connectivity index (χ0v) is 9.21. The quantitative estimate of drug-likeness (QED) is 0.763. The number of rotatable bonds is 4. The summed E-state index contributed by atoms with van der Waals surface area (Å²) in [7, 11) is 0. The van der Waals surface area contributed by atoms with Crippen molar-refractivity contribution in [3.8, 4) is 0 Å². The molecule has 0 fully saturated rings. The first-order chi connectivity index (χ1) is 8.25. The monoisotopic (exact) mass is 265 g/mol. The van der Waals surface area contributed by atoms with Crippen LogP contribution >= 0.6 is 0 Å². The Bertz CT molecular complexity index is 455. The van der Waals surface area contributed by atoms with Gasteiger partial charge in [-0.25, -0.2) is 9.78 Å². The van der Waals surface area contributed by atoms with Gasteiger partial charge in [0.2, 0.25) is 0 Å². The zero-order chi connectivity index (χ0) is 13.9. The summed E-state index contributed by atoms with van der Waals surface area (Å²) in [5.41, 5.74) is -0.260. The molecule has 1 unspecified atom stereocenters. The van der Waals surface area contributed by atoms with E-state index in [9.17, 15) is 22.8 Å². The van der Waals surface area contributed by atoms with Gasteiger partial charge >= 0.3 is 18.1 Å². The maximum Gasteiger partial charge on any atom is 0.471 e. The van der Waals surface area contributed by atoms with Crippen molar-refractivity contribution < 1.29 is 27.9 Å². The van der Waals surface area contributed by atoms with Crippen LogP contribution in [0.15, 0.2) is 6.20 Å². The number of nitrogens with zero attached hydrogens (tertiary/aromatic N) is 1. The van der Waals surface area contributed by atoms with Crippen molar-refractivity contribution in [2.45, 2.75) is 25.6 Å². The Balaban J connectivity index is 2.83. The minimum absolute atomic E-state index is 0.0347. The number of alkyl halides is 3. The van der Waals surface area contributed by atoms with Gasteiger partial charge in [-0.3, -0.25) is 4.79 Å². The van der Waals surface area contributed by atoms with Crippen molar-refractivity contribution in [1.82, 2.24) is 15.3 Å². The number of H-pyrrole nitrogens is 1. The number of carboxylic acids is 1. The highest BCUT2D eigenvalue weighted by atomic mass is 19.4. The van der Waals surface area contributed by atoms with Gasteiger partial charge in [-0.2, -0.15) is 13.2 Å². The normalized spacial score (nSPS) is 13.1. The molecule has 1 rings (SSSR count). The number of halogens is 3. The van der Waals surface area contributed by atoms with E-state index in [4.69, 9.17) is 5.11 Å². The molecule has 0 aliphatic rings. The van der Waals surface area contributed by atoms with Gasteiger partial charge in [0.15, 0.2) is 0 Å². The molecule has 0 aliphatic heterocycles. The number of amides is 1. The Morgan fingerprint density at radius 1 is 1.56 bits per heavy atom. The molecule has 0 bridgehead atoms. The molecular weight excluding hydrogens is 255 g/mol. The number of aromatic nitrogens is 2. The van der Waals surface area contributed by atoms with Gasteiger partial charge in [-0.15, -0.1) is 0 Å². The number of imidazole rings is 1. The summed E-state index contributed by atoms with van der Waals surface area (Å²) in [6, 6.07) is -1.02. The molecule has 9 heteroatoms. The molecule has 6 nitrogen and oxygen atoms in total. The van der Waals surface area contributed by atoms with Crippen LogP contribution in [-0.4, -0.2) is 33.1 Å². The van der Waals surface area contributed by atoms with Crippen molar-refractivity contribution in [3.63, 3.8) is 0 Å². The van der Waals surface area contributed by atoms with Crippen LogP contribution in [-0.2, 0) is 4.79 Å². The lowest BCUT2D eigenvalue weighted by molar-refractivity contribution is -0.174. The number of nitrogens with one attached hydrogen (secondary N) is 2. The molecule has 18 heavy (non-hydrogen) atoms. The second-order valence-electron chi connectivity index (χ2n) is 3.42. The molecule has 100 valence electrons. The molecule has 1 atom stereocenters. The van der Waals surface area contributed by atoms with Gasteiger partial charge in [-0.05, 0) is 6.42 Å². The molecular formula is C9H10F3N3O3. The lowest BCUT2D eigenvalue weighted by atomic mass is 10.2. The average Bonchev–Trinajstić information content (AvgIpc) is 2.73. The number of carbonyl (C=O) groups excluding carboxylic acids is 1. The molecule has 0 aliphatic carbocycles. The predicted molar refractivity (Wildman–Crippen MR) is 52.8 cm³/mol. The average molecular weight is 265 g/mol. The summed E-state index contributed by atoms with van der Waals surface area (Å²) in [6.07, 6.45) is -3.88. The summed E-state index contributed by atoms with van der Waals surface area (Å²) in [5.74, 6) is -3.42. The van der Waals surface area contributed by atoms with Gasteiger partial charge in [0.05, 0.1) is 12.2 Å². The van der Waals surface area contributed by atoms with E-state index in [1.54, 1.807) is 5.32 Å². The van der Waals surface area contributed by atoms with Crippen LogP contribution in [0.25, 0.3) is 0 Å². The summed E-state index contributed by atoms with van der Waals surface area (Å²) < 4.78 is 36.2. The third-order valence-electron chi connectivity index (χ3n) is 2.13. The van der Waals surface area contributed by atoms with Crippen molar-refractivity contribution in [1.29, 1.82) is 0 Å². The highest BCUT2D eigenvalue weighted by Crippen LogP contribution is 2.19. The number of hydrogen-bond acceptors (Lipinski definition) is 3.